The summed E-state index contributed by atoms with van der Waals surface area (Å²) in [5.41, 5.74) is 0.999. The first-order valence-corrected chi connectivity index (χ1v) is 14.4. The normalized spacial score (nSPS) is 32.9. The van der Waals surface area contributed by atoms with Gasteiger partial charge in [-0.2, -0.15) is 14.1 Å². The summed E-state index contributed by atoms with van der Waals surface area (Å²) in [7, 11) is 0.267. The number of rotatable bonds is 3. The Labute approximate surface area is 208 Å². The fraction of sp³-hybridized carbons (Fsp3) is 0.630. The van der Waals surface area contributed by atoms with Gasteiger partial charge in [-0.05, 0) is 37.3 Å². The predicted octanol–water partition coefficient (Wildman–Crippen LogP) is 4.91. The maximum absolute atomic E-state index is 13.8. The number of nitrogens with zero attached hydrogens (tertiary/aromatic N) is 2. The second-order valence-corrected chi connectivity index (χ2v) is 13.1. The summed E-state index contributed by atoms with van der Waals surface area (Å²) in [6.45, 7) is 2.90. The van der Waals surface area contributed by atoms with Gasteiger partial charge >= 0.3 is 0 Å². The van der Waals surface area contributed by atoms with Gasteiger partial charge in [0.15, 0.2) is 0 Å². The van der Waals surface area contributed by atoms with Gasteiger partial charge in [-0.15, -0.1) is 0 Å². The van der Waals surface area contributed by atoms with E-state index in [0.717, 1.165) is 41.6 Å². The van der Waals surface area contributed by atoms with E-state index in [-0.39, 0.29) is 5.92 Å². The van der Waals surface area contributed by atoms with Crippen molar-refractivity contribution < 1.29 is 22.9 Å². The molecule has 2 heterocycles. The van der Waals surface area contributed by atoms with Crippen molar-refractivity contribution in [1.29, 1.82) is 0 Å². The van der Waals surface area contributed by atoms with Gasteiger partial charge in [0.05, 0.1) is 4.90 Å². The molecule has 190 valence electrons. The lowest BCUT2D eigenvalue weighted by molar-refractivity contribution is -0.379. The summed E-state index contributed by atoms with van der Waals surface area (Å²) in [6, 6.07) is 11.3. The molecule has 2 aromatic rings. The molecule has 2 spiro atoms. The van der Waals surface area contributed by atoms with Crippen LogP contribution in [0.1, 0.15) is 51.9 Å². The Hall–Kier alpha value is -1.71. The predicted molar refractivity (Wildman–Crippen MR) is 134 cm³/mol. The van der Waals surface area contributed by atoms with E-state index in [4.69, 9.17) is 14.5 Å². The van der Waals surface area contributed by atoms with E-state index in [9.17, 15) is 8.42 Å². The van der Waals surface area contributed by atoms with Crippen LogP contribution in [0, 0.1) is 17.8 Å². The van der Waals surface area contributed by atoms with Crippen LogP contribution in [0.15, 0.2) is 41.3 Å². The van der Waals surface area contributed by atoms with Crippen LogP contribution in [0.5, 0.6) is 0 Å². The zero-order valence-electron chi connectivity index (χ0n) is 20.9. The Morgan fingerprint density at radius 3 is 2.49 bits per heavy atom. The van der Waals surface area contributed by atoms with Crippen molar-refractivity contribution in [2.24, 2.45) is 17.8 Å². The first kappa shape index (κ1) is 23.7. The van der Waals surface area contributed by atoms with Gasteiger partial charge in [0.1, 0.15) is 0 Å². The first-order chi connectivity index (χ1) is 16.7. The van der Waals surface area contributed by atoms with E-state index in [1.807, 2.05) is 49.3 Å². The van der Waals surface area contributed by atoms with Crippen molar-refractivity contribution in [2.75, 3.05) is 32.1 Å². The third-order valence-electron chi connectivity index (χ3n) is 8.84. The lowest BCUT2D eigenvalue weighted by Gasteiger charge is -2.49. The quantitative estimate of drug-likeness (QED) is 0.558. The average molecular weight is 501 g/mol. The topological polar surface area (TPSA) is 68.3 Å². The number of sulfonamides is 1. The highest BCUT2D eigenvalue weighted by atomic mass is 32.2. The van der Waals surface area contributed by atoms with Gasteiger partial charge in [-0.25, -0.2) is 8.42 Å². The standard InChI is InChI=1S/C27H36N2O5S/c1-19-17-20-7-4-8-21(18-20)27(19)32-26(33-34-27)13-15-29(16-14-26)35(30,31)25-12-6-9-22-23(25)10-5-11-24(22)28(2)3/h5-6,9-12,19-21H,4,7-8,13-18H2,1-3H3. The van der Waals surface area contributed by atoms with Crippen LogP contribution in [0.4, 0.5) is 5.69 Å². The lowest BCUT2D eigenvalue weighted by atomic mass is 9.64. The van der Waals surface area contributed by atoms with Crippen LogP contribution in [-0.4, -0.2) is 51.5 Å². The molecule has 4 atom stereocenters. The smallest absolute Gasteiger partial charge is 0.243 e. The minimum Gasteiger partial charge on any atom is -0.377 e. The highest BCUT2D eigenvalue weighted by molar-refractivity contribution is 7.89. The number of fused-ring (bicyclic) bond motifs is 4. The second kappa shape index (κ2) is 8.42. The summed E-state index contributed by atoms with van der Waals surface area (Å²) in [5, 5.41) is 1.68. The third kappa shape index (κ3) is 3.72. The molecule has 7 nitrogen and oxygen atoms in total. The minimum absolute atomic E-state index is 0.272. The van der Waals surface area contributed by atoms with Crippen LogP contribution < -0.4 is 4.90 Å². The summed E-state index contributed by atoms with van der Waals surface area (Å²) in [4.78, 5) is 14.4. The Morgan fingerprint density at radius 1 is 0.971 bits per heavy atom. The van der Waals surface area contributed by atoms with Crippen molar-refractivity contribution in [3.8, 4) is 0 Å². The summed E-state index contributed by atoms with van der Waals surface area (Å²) >= 11 is 0. The van der Waals surface area contributed by atoms with Crippen LogP contribution in [-0.2, 0) is 24.5 Å². The summed E-state index contributed by atoms with van der Waals surface area (Å²) in [5.74, 6) is -0.154. The van der Waals surface area contributed by atoms with Crippen molar-refractivity contribution in [1.82, 2.24) is 4.31 Å². The summed E-state index contributed by atoms with van der Waals surface area (Å²) in [6.07, 6.45) is 6.80. The molecule has 2 aliphatic carbocycles. The molecule has 2 saturated heterocycles. The van der Waals surface area contributed by atoms with E-state index in [2.05, 4.69) is 6.92 Å². The molecule has 4 aliphatic rings. The molecule has 2 bridgehead atoms. The van der Waals surface area contributed by atoms with Crippen LogP contribution >= 0.6 is 0 Å². The molecule has 2 aromatic carbocycles. The van der Waals surface area contributed by atoms with E-state index >= 15 is 0 Å². The van der Waals surface area contributed by atoms with Gasteiger partial charge < -0.3 is 9.64 Å². The number of hydrogen-bond acceptors (Lipinski definition) is 6. The molecule has 0 amide bonds. The number of ether oxygens (including phenoxy) is 1. The van der Waals surface area contributed by atoms with Crippen LogP contribution in [0.3, 0.4) is 0 Å². The first-order valence-electron chi connectivity index (χ1n) is 13.0. The minimum atomic E-state index is -3.67. The molecule has 4 unspecified atom stereocenters. The molecule has 8 heteroatoms. The van der Waals surface area contributed by atoms with Crippen molar-refractivity contribution in [3.05, 3.63) is 36.4 Å². The number of anilines is 1. The second-order valence-electron chi connectivity index (χ2n) is 11.2. The van der Waals surface area contributed by atoms with Gasteiger partial charge in [-0.3, -0.25) is 0 Å². The molecule has 0 aromatic heterocycles. The number of piperidine rings is 1. The largest absolute Gasteiger partial charge is 0.377 e. The molecular formula is C27H36N2O5S. The fourth-order valence-electron chi connectivity index (χ4n) is 7.01. The third-order valence-corrected chi connectivity index (χ3v) is 10.8. The van der Waals surface area contributed by atoms with Gasteiger partial charge in [-0.1, -0.05) is 44.0 Å². The van der Waals surface area contributed by atoms with Crippen LogP contribution in [0.2, 0.25) is 0 Å². The highest BCUT2D eigenvalue weighted by Crippen LogP contribution is 2.56. The molecule has 6 rings (SSSR count). The van der Waals surface area contributed by atoms with Gasteiger partial charge in [0, 0.05) is 68.3 Å². The van der Waals surface area contributed by atoms with Crippen molar-refractivity contribution in [3.63, 3.8) is 0 Å². The Balaban J connectivity index is 1.23. The molecule has 4 fully saturated rings. The SMILES string of the molecule is CC1CC2CCCC(C2)C12OOC1(CCN(S(=O)(=O)c3cccc4c(N(C)C)cccc34)CC1)O2. The Bertz CT molecular complexity index is 1220. The number of hydrogen-bond donors (Lipinski definition) is 0. The molecule has 0 radical (unpaired) electrons. The molecule has 0 N–H and O–H groups in total. The zero-order chi connectivity index (χ0) is 24.4. The summed E-state index contributed by atoms with van der Waals surface area (Å²) < 4.78 is 35.9. The monoisotopic (exact) mass is 500 g/mol. The fourth-order valence-corrected chi connectivity index (χ4v) is 8.66. The molecule has 2 aliphatic heterocycles. The lowest BCUT2D eigenvalue weighted by Crippen LogP contribution is -2.54. The Kier molecular flexibility index (Phi) is 5.69. The molecule has 35 heavy (non-hydrogen) atoms. The van der Waals surface area contributed by atoms with E-state index in [0.29, 0.717) is 36.7 Å². The Morgan fingerprint density at radius 2 is 1.71 bits per heavy atom. The van der Waals surface area contributed by atoms with E-state index in [1.54, 1.807) is 10.4 Å². The zero-order valence-corrected chi connectivity index (χ0v) is 21.7. The van der Waals surface area contributed by atoms with Gasteiger partial charge in [0.25, 0.3) is 0 Å². The average Bonchev–Trinajstić information content (AvgIpc) is 3.22. The van der Waals surface area contributed by atoms with Crippen molar-refractivity contribution >= 4 is 26.5 Å². The maximum Gasteiger partial charge on any atom is 0.243 e. The molecule has 2 saturated carbocycles. The van der Waals surface area contributed by atoms with E-state index in [1.165, 1.54) is 12.8 Å². The maximum atomic E-state index is 13.8. The molecular weight excluding hydrogens is 464 g/mol. The van der Waals surface area contributed by atoms with Crippen molar-refractivity contribution in [2.45, 2.75) is 68.3 Å². The van der Waals surface area contributed by atoms with E-state index < -0.39 is 21.6 Å². The van der Waals surface area contributed by atoms with Crippen LogP contribution in [0.25, 0.3) is 10.8 Å². The van der Waals surface area contributed by atoms with Gasteiger partial charge in [0.2, 0.25) is 21.6 Å². The highest BCUT2D eigenvalue weighted by Gasteiger charge is 2.62. The number of benzene rings is 2.